The van der Waals surface area contributed by atoms with E-state index in [0.717, 1.165) is 30.4 Å². The highest BCUT2D eigenvalue weighted by Gasteiger charge is 2.32. The molecule has 1 fully saturated rings. The molecular formula is C26H44N2O4S. The maximum Gasteiger partial charge on any atom is 0.407 e. The second kappa shape index (κ2) is 10.8. The van der Waals surface area contributed by atoms with E-state index < -0.39 is 21.7 Å². The molecule has 1 aromatic carbocycles. The molecule has 0 heterocycles. The van der Waals surface area contributed by atoms with Gasteiger partial charge in [0.05, 0.1) is 4.90 Å². The predicted molar refractivity (Wildman–Crippen MR) is 134 cm³/mol. The van der Waals surface area contributed by atoms with Gasteiger partial charge in [-0.25, -0.2) is 17.9 Å². The van der Waals surface area contributed by atoms with Crippen molar-refractivity contribution in [1.29, 1.82) is 0 Å². The van der Waals surface area contributed by atoms with E-state index in [9.17, 15) is 13.2 Å². The van der Waals surface area contributed by atoms with Gasteiger partial charge in [-0.2, -0.15) is 0 Å². The van der Waals surface area contributed by atoms with Gasteiger partial charge < -0.3 is 10.1 Å². The van der Waals surface area contributed by atoms with E-state index in [1.165, 1.54) is 5.56 Å². The Hall–Kier alpha value is -1.60. The molecule has 2 N–H and O–H groups in total. The number of rotatable bonds is 7. The maximum absolute atomic E-state index is 13.7. The van der Waals surface area contributed by atoms with Crippen molar-refractivity contribution in [2.45, 2.75) is 128 Å². The van der Waals surface area contributed by atoms with Crippen molar-refractivity contribution in [2.75, 3.05) is 0 Å². The highest BCUT2D eigenvalue weighted by molar-refractivity contribution is 7.89. The molecule has 0 bridgehead atoms. The van der Waals surface area contributed by atoms with Gasteiger partial charge >= 0.3 is 6.09 Å². The summed E-state index contributed by atoms with van der Waals surface area (Å²) < 4.78 is 35.8. The molecule has 1 aromatic rings. The molecule has 0 unspecified atom stereocenters. The third-order valence-electron chi connectivity index (χ3n) is 6.07. The van der Waals surface area contributed by atoms with Crippen molar-refractivity contribution >= 4 is 16.1 Å². The summed E-state index contributed by atoms with van der Waals surface area (Å²) in [6.07, 6.45) is 2.51. The Morgan fingerprint density at radius 2 is 1.45 bits per heavy atom. The zero-order valence-electron chi connectivity index (χ0n) is 21.9. The second-order valence-corrected chi connectivity index (χ2v) is 13.0. The number of amides is 1. The van der Waals surface area contributed by atoms with Crippen molar-refractivity contribution in [3.05, 3.63) is 28.8 Å². The average molecular weight is 481 g/mol. The Bertz CT molecular complexity index is 901. The molecule has 1 amide bonds. The van der Waals surface area contributed by atoms with E-state index in [0.29, 0.717) is 17.2 Å². The van der Waals surface area contributed by atoms with Crippen molar-refractivity contribution in [3.63, 3.8) is 0 Å². The molecule has 0 saturated heterocycles. The standard InChI is InChI=1S/C26H44N2O4S/c1-16(2)19-13-22(17(3)4)24(23(14-19)18(5)6)33(30,31)28-21-12-10-11-20(15-21)27-25(29)32-26(7,8)9/h13-14,16-18,20-21,28H,10-12,15H2,1-9H3,(H,27,29)/t20-,21+/m1/s1. The Morgan fingerprint density at radius 1 is 0.939 bits per heavy atom. The Morgan fingerprint density at radius 3 is 1.91 bits per heavy atom. The zero-order valence-corrected chi connectivity index (χ0v) is 22.7. The van der Waals surface area contributed by atoms with Gasteiger partial charge in [-0.05, 0) is 80.9 Å². The van der Waals surface area contributed by atoms with Crippen LogP contribution in [0.5, 0.6) is 0 Å². The molecule has 0 radical (unpaired) electrons. The average Bonchev–Trinajstić information content (AvgIpc) is 2.64. The summed E-state index contributed by atoms with van der Waals surface area (Å²) in [5, 5.41) is 2.91. The number of ether oxygens (including phenoxy) is 1. The molecule has 1 saturated carbocycles. The summed E-state index contributed by atoms with van der Waals surface area (Å²) in [6, 6.07) is 3.78. The largest absolute Gasteiger partial charge is 0.444 e. The van der Waals surface area contributed by atoms with Crippen LogP contribution in [0.3, 0.4) is 0 Å². The van der Waals surface area contributed by atoms with Crippen LogP contribution in [0.4, 0.5) is 4.79 Å². The minimum atomic E-state index is -3.73. The molecule has 6 nitrogen and oxygen atoms in total. The summed E-state index contributed by atoms with van der Waals surface area (Å²) in [5.74, 6) is 0.490. The van der Waals surface area contributed by atoms with Gasteiger partial charge in [0.15, 0.2) is 0 Å². The fraction of sp³-hybridized carbons (Fsp3) is 0.731. The van der Waals surface area contributed by atoms with Crippen molar-refractivity contribution in [1.82, 2.24) is 10.0 Å². The first-order valence-electron chi connectivity index (χ1n) is 12.3. The molecular weight excluding hydrogens is 436 g/mol. The van der Waals surface area contributed by atoms with Crippen LogP contribution in [0.25, 0.3) is 0 Å². The van der Waals surface area contributed by atoms with Gasteiger partial charge in [-0.1, -0.05) is 53.7 Å². The summed E-state index contributed by atoms with van der Waals surface area (Å²) in [5.41, 5.74) is 2.34. The van der Waals surface area contributed by atoms with Crippen molar-refractivity contribution in [2.24, 2.45) is 0 Å². The van der Waals surface area contributed by atoms with Crippen LogP contribution < -0.4 is 10.0 Å². The number of carbonyl (C=O) groups excluding carboxylic acids is 1. The first-order chi connectivity index (χ1) is 15.1. The zero-order chi connectivity index (χ0) is 25.1. The van der Waals surface area contributed by atoms with Crippen LogP contribution in [-0.4, -0.2) is 32.2 Å². The van der Waals surface area contributed by atoms with E-state index >= 15 is 0 Å². The molecule has 188 valence electrons. The number of nitrogens with one attached hydrogen (secondary N) is 2. The minimum Gasteiger partial charge on any atom is -0.444 e. The Labute approximate surface area is 201 Å². The third kappa shape index (κ3) is 7.71. The molecule has 0 spiro atoms. The maximum atomic E-state index is 13.7. The van der Waals surface area contributed by atoms with E-state index in [4.69, 9.17) is 4.74 Å². The lowest BCUT2D eigenvalue weighted by atomic mass is 9.89. The molecule has 1 aliphatic rings. The van der Waals surface area contributed by atoms with Crippen LogP contribution in [0.1, 0.15) is 122 Å². The van der Waals surface area contributed by atoms with Gasteiger partial charge in [-0.15, -0.1) is 0 Å². The third-order valence-corrected chi connectivity index (χ3v) is 7.72. The second-order valence-electron chi connectivity index (χ2n) is 11.3. The lowest BCUT2D eigenvalue weighted by molar-refractivity contribution is 0.0490. The molecule has 2 rings (SSSR count). The van der Waals surface area contributed by atoms with Gasteiger partial charge in [0.1, 0.15) is 5.60 Å². The summed E-state index contributed by atoms with van der Waals surface area (Å²) in [6.45, 7) is 17.9. The summed E-state index contributed by atoms with van der Waals surface area (Å²) in [4.78, 5) is 12.6. The molecule has 2 atom stereocenters. The topological polar surface area (TPSA) is 84.5 Å². The van der Waals surface area contributed by atoms with Crippen molar-refractivity contribution in [3.8, 4) is 0 Å². The normalized spacial score (nSPS) is 19.9. The molecule has 0 aliphatic heterocycles. The van der Waals surface area contributed by atoms with Crippen LogP contribution >= 0.6 is 0 Å². The molecule has 0 aromatic heterocycles. The van der Waals surface area contributed by atoms with Gasteiger partial charge in [0.25, 0.3) is 0 Å². The molecule has 7 heteroatoms. The fourth-order valence-electron chi connectivity index (χ4n) is 4.38. The number of carbonyl (C=O) groups is 1. The van der Waals surface area contributed by atoms with E-state index in [1.54, 1.807) is 0 Å². The van der Waals surface area contributed by atoms with Crippen LogP contribution in [0, 0.1) is 0 Å². The summed E-state index contributed by atoms with van der Waals surface area (Å²) in [7, 11) is -3.73. The highest BCUT2D eigenvalue weighted by Crippen LogP contribution is 2.35. The van der Waals surface area contributed by atoms with Crippen molar-refractivity contribution < 1.29 is 17.9 Å². The number of benzene rings is 1. The number of sulfonamides is 1. The quantitative estimate of drug-likeness (QED) is 0.489. The molecule has 33 heavy (non-hydrogen) atoms. The molecule has 1 aliphatic carbocycles. The lowest BCUT2D eigenvalue weighted by Crippen LogP contribution is -2.47. The monoisotopic (exact) mass is 480 g/mol. The number of hydrogen-bond donors (Lipinski definition) is 2. The lowest BCUT2D eigenvalue weighted by Gasteiger charge is -2.32. The van der Waals surface area contributed by atoms with Gasteiger partial charge in [0, 0.05) is 12.1 Å². The van der Waals surface area contributed by atoms with Crippen LogP contribution in [0.2, 0.25) is 0 Å². The smallest absolute Gasteiger partial charge is 0.407 e. The predicted octanol–water partition coefficient (Wildman–Crippen LogP) is 6.17. The Balaban J connectivity index is 2.30. The van der Waals surface area contributed by atoms with Crippen LogP contribution in [0.15, 0.2) is 17.0 Å². The SMILES string of the molecule is CC(C)c1cc(C(C)C)c(S(=O)(=O)N[C@H]2CCC[C@@H](NC(=O)OC(C)(C)C)C2)c(C(C)C)c1. The van der Waals surface area contributed by atoms with Gasteiger partial charge in [-0.3, -0.25) is 0 Å². The first kappa shape index (κ1) is 27.6. The first-order valence-corrected chi connectivity index (χ1v) is 13.8. The Kier molecular flexibility index (Phi) is 9.02. The minimum absolute atomic E-state index is 0.0840. The number of alkyl carbamates (subject to hydrolysis) is 1. The van der Waals surface area contributed by atoms with Crippen LogP contribution in [-0.2, 0) is 14.8 Å². The number of hydrogen-bond acceptors (Lipinski definition) is 4. The van der Waals surface area contributed by atoms with E-state index in [2.05, 4.69) is 36.0 Å². The fourth-order valence-corrected chi connectivity index (χ4v) is 6.36. The highest BCUT2D eigenvalue weighted by atomic mass is 32.2. The van der Waals surface area contributed by atoms with E-state index in [1.807, 2.05) is 48.5 Å². The summed E-state index contributed by atoms with van der Waals surface area (Å²) >= 11 is 0. The van der Waals surface area contributed by atoms with E-state index in [-0.39, 0.29) is 23.9 Å². The van der Waals surface area contributed by atoms with Gasteiger partial charge in [0.2, 0.25) is 10.0 Å².